The smallest absolute Gasteiger partial charge is 0.326 e. The van der Waals surface area contributed by atoms with E-state index >= 15 is 0 Å². The molecule has 0 saturated heterocycles. The van der Waals surface area contributed by atoms with Crippen LogP contribution in [0.15, 0.2) is 42.9 Å². The second-order valence-electron chi connectivity index (χ2n) is 6.02. The lowest BCUT2D eigenvalue weighted by Crippen LogP contribution is -2.31. The van der Waals surface area contributed by atoms with Crippen LogP contribution < -0.4 is 5.32 Å². The summed E-state index contributed by atoms with van der Waals surface area (Å²) in [6, 6.07) is 8.93. The first kappa shape index (κ1) is 15.9. The van der Waals surface area contributed by atoms with Crippen LogP contribution in [-0.2, 0) is 4.79 Å². The summed E-state index contributed by atoms with van der Waals surface area (Å²) in [5, 5.41) is 17.5. The van der Waals surface area contributed by atoms with Crippen molar-refractivity contribution in [1.29, 1.82) is 0 Å². The van der Waals surface area contributed by atoms with Crippen molar-refractivity contribution in [2.24, 2.45) is 5.92 Å². The number of carboxylic acid groups (broad SMARTS) is 1. The molecule has 1 unspecified atom stereocenters. The molecule has 3 aromatic rings. The summed E-state index contributed by atoms with van der Waals surface area (Å²) in [5.74, 6) is -0.163. The third-order valence-corrected chi connectivity index (χ3v) is 3.68. The molecule has 0 aliphatic carbocycles. The Kier molecular flexibility index (Phi) is 4.41. The molecule has 1 atom stereocenters. The molecule has 7 heteroatoms. The number of hydrogen-bond acceptors (Lipinski definition) is 5. The SMILES string of the molecule is CC(C)CC(Nc1ncnc2c1cnn2-c1ccccc1)C(=O)O. The lowest BCUT2D eigenvalue weighted by Gasteiger charge is -2.17. The second-order valence-corrected chi connectivity index (χ2v) is 6.02. The third-order valence-electron chi connectivity index (χ3n) is 3.68. The van der Waals surface area contributed by atoms with E-state index in [1.807, 2.05) is 44.2 Å². The highest BCUT2D eigenvalue weighted by Crippen LogP contribution is 2.23. The molecule has 0 spiro atoms. The zero-order valence-electron chi connectivity index (χ0n) is 13.5. The van der Waals surface area contributed by atoms with Gasteiger partial charge in [-0.3, -0.25) is 0 Å². The van der Waals surface area contributed by atoms with Crippen molar-refractivity contribution in [3.05, 3.63) is 42.9 Å². The summed E-state index contributed by atoms with van der Waals surface area (Å²) in [4.78, 5) is 20.0. The minimum absolute atomic E-state index is 0.253. The number of anilines is 1. The number of para-hydroxylation sites is 1. The van der Waals surface area contributed by atoms with E-state index in [1.165, 1.54) is 6.33 Å². The summed E-state index contributed by atoms with van der Waals surface area (Å²) in [7, 11) is 0. The molecule has 24 heavy (non-hydrogen) atoms. The van der Waals surface area contributed by atoms with E-state index in [0.717, 1.165) is 5.69 Å². The van der Waals surface area contributed by atoms with Crippen molar-refractivity contribution < 1.29 is 9.90 Å². The number of carboxylic acids is 1. The van der Waals surface area contributed by atoms with Crippen molar-refractivity contribution in [2.45, 2.75) is 26.3 Å². The maximum absolute atomic E-state index is 11.5. The van der Waals surface area contributed by atoms with Crippen molar-refractivity contribution in [2.75, 3.05) is 5.32 Å². The quantitative estimate of drug-likeness (QED) is 0.724. The molecule has 0 fully saturated rings. The van der Waals surface area contributed by atoms with Gasteiger partial charge in [0.15, 0.2) is 5.65 Å². The summed E-state index contributed by atoms with van der Waals surface area (Å²) >= 11 is 0. The van der Waals surface area contributed by atoms with Crippen molar-refractivity contribution >= 4 is 22.8 Å². The highest BCUT2D eigenvalue weighted by molar-refractivity contribution is 5.89. The molecule has 0 bridgehead atoms. The Morgan fingerprint density at radius 2 is 2.00 bits per heavy atom. The van der Waals surface area contributed by atoms with Crippen LogP contribution >= 0.6 is 0 Å². The van der Waals surface area contributed by atoms with Gasteiger partial charge in [-0.1, -0.05) is 32.0 Å². The minimum atomic E-state index is -0.897. The summed E-state index contributed by atoms with van der Waals surface area (Å²) in [6.07, 6.45) is 3.58. The molecule has 0 amide bonds. The summed E-state index contributed by atoms with van der Waals surface area (Å²) in [6.45, 7) is 3.97. The van der Waals surface area contributed by atoms with Crippen LogP contribution in [0.2, 0.25) is 0 Å². The Morgan fingerprint density at radius 3 is 2.67 bits per heavy atom. The standard InChI is InChI=1S/C17H19N5O2/c1-11(2)8-14(17(23)24)21-15-13-9-20-22(16(13)19-10-18-15)12-6-4-3-5-7-12/h3-7,9-11,14H,8H2,1-2H3,(H,23,24)(H,18,19,21). The molecule has 2 aromatic heterocycles. The Bertz CT molecular complexity index is 845. The first-order valence-corrected chi connectivity index (χ1v) is 7.79. The van der Waals surface area contributed by atoms with E-state index < -0.39 is 12.0 Å². The highest BCUT2D eigenvalue weighted by atomic mass is 16.4. The van der Waals surface area contributed by atoms with Crippen LogP contribution in [0.4, 0.5) is 5.82 Å². The Morgan fingerprint density at radius 1 is 1.25 bits per heavy atom. The number of hydrogen-bond donors (Lipinski definition) is 2. The third kappa shape index (κ3) is 3.19. The number of benzene rings is 1. The number of nitrogens with zero attached hydrogens (tertiary/aromatic N) is 4. The van der Waals surface area contributed by atoms with Gasteiger partial charge in [-0.15, -0.1) is 0 Å². The maximum atomic E-state index is 11.5. The molecule has 2 N–H and O–H groups in total. The van der Waals surface area contributed by atoms with Crippen LogP contribution in [-0.4, -0.2) is 36.9 Å². The molecule has 2 heterocycles. The summed E-state index contributed by atoms with van der Waals surface area (Å²) in [5.41, 5.74) is 1.52. The highest BCUT2D eigenvalue weighted by Gasteiger charge is 2.21. The molecular weight excluding hydrogens is 306 g/mol. The fraction of sp³-hybridized carbons (Fsp3) is 0.294. The van der Waals surface area contributed by atoms with Gasteiger partial charge in [0, 0.05) is 0 Å². The fourth-order valence-corrected chi connectivity index (χ4v) is 2.58. The fourth-order valence-electron chi connectivity index (χ4n) is 2.58. The van der Waals surface area contributed by atoms with Gasteiger partial charge in [0.05, 0.1) is 17.3 Å². The molecule has 124 valence electrons. The van der Waals surface area contributed by atoms with Gasteiger partial charge in [0.2, 0.25) is 0 Å². The normalized spacial score (nSPS) is 12.5. The van der Waals surface area contributed by atoms with E-state index in [9.17, 15) is 9.90 Å². The first-order valence-electron chi connectivity index (χ1n) is 7.79. The molecule has 7 nitrogen and oxygen atoms in total. The maximum Gasteiger partial charge on any atom is 0.326 e. The number of aromatic nitrogens is 4. The van der Waals surface area contributed by atoms with Crippen molar-refractivity contribution in [3.63, 3.8) is 0 Å². The van der Waals surface area contributed by atoms with Crippen molar-refractivity contribution in [1.82, 2.24) is 19.7 Å². The van der Waals surface area contributed by atoms with Crippen molar-refractivity contribution in [3.8, 4) is 5.69 Å². The Balaban J connectivity index is 1.98. The van der Waals surface area contributed by atoms with Gasteiger partial charge < -0.3 is 10.4 Å². The van der Waals surface area contributed by atoms with Crippen LogP contribution in [0, 0.1) is 5.92 Å². The van der Waals surface area contributed by atoms with Gasteiger partial charge in [-0.25, -0.2) is 19.4 Å². The van der Waals surface area contributed by atoms with Crippen LogP contribution in [0.5, 0.6) is 0 Å². The summed E-state index contributed by atoms with van der Waals surface area (Å²) < 4.78 is 1.71. The number of nitrogens with one attached hydrogen (secondary N) is 1. The zero-order chi connectivity index (χ0) is 17.1. The number of rotatable bonds is 6. The molecule has 3 rings (SSSR count). The number of carbonyl (C=O) groups is 1. The van der Waals surface area contributed by atoms with Gasteiger partial charge in [-0.05, 0) is 24.5 Å². The average Bonchev–Trinajstić information content (AvgIpc) is 2.99. The van der Waals surface area contributed by atoms with Gasteiger partial charge in [-0.2, -0.15) is 5.10 Å². The van der Waals surface area contributed by atoms with E-state index in [1.54, 1.807) is 10.9 Å². The van der Waals surface area contributed by atoms with E-state index in [4.69, 9.17) is 0 Å². The molecule has 0 aliphatic rings. The van der Waals surface area contributed by atoms with E-state index in [-0.39, 0.29) is 5.92 Å². The minimum Gasteiger partial charge on any atom is -0.480 e. The van der Waals surface area contributed by atoms with Crippen LogP contribution in [0.1, 0.15) is 20.3 Å². The second kappa shape index (κ2) is 6.66. The number of aliphatic carboxylic acids is 1. The topological polar surface area (TPSA) is 92.9 Å². The number of fused-ring (bicyclic) bond motifs is 1. The molecule has 0 aliphatic heterocycles. The Labute approximate surface area is 139 Å². The van der Waals surface area contributed by atoms with Crippen LogP contribution in [0.25, 0.3) is 16.7 Å². The zero-order valence-corrected chi connectivity index (χ0v) is 13.5. The molecule has 0 saturated carbocycles. The average molecular weight is 325 g/mol. The first-order chi connectivity index (χ1) is 11.6. The Hall–Kier alpha value is -2.96. The predicted molar refractivity (Wildman–Crippen MR) is 91.2 cm³/mol. The van der Waals surface area contributed by atoms with E-state index in [0.29, 0.717) is 23.3 Å². The lowest BCUT2D eigenvalue weighted by atomic mass is 10.0. The van der Waals surface area contributed by atoms with Gasteiger partial charge in [0.1, 0.15) is 18.2 Å². The monoisotopic (exact) mass is 325 g/mol. The lowest BCUT2D eigenvalue weighted by molar-refractivity contribution is -0.138. The van der Waals surface area contributed by atoms with Gasteiger partial charge >= 0.3 is 5.97 Å². The molecular formula is C17H19N5O2. The van der Waals surface area contributed by atoms with Gasteiger partial charge in [0.25, 0.3) is 0 Å². The predicted octanol–water partition coefficient (Wildman–Crippen LogP) is 2.73. The largest absolute Gasteiger partial charge is 0.480 e. The molecule has 1 aromatic carbocycles. The van der Waals surface area contributed by atoms with Crippen LogP contribution in [0.3, 0.4) is 0 Å². The van der Waals surface area contributed by atoms with E-state index in [2.05, 4.69) is 20.4 Å². The molecule has 0 radical (unpaired) electrons.